The summed E-state index contributed by atoms with van der Waals surface area (Å²) in [5, 5.41) is 0. The van der Waals surface area contributed by atoms with Crippen molar-refractivity contribution >= 4 is 5.91 Å². The van der Waals surface area contributed by atoms with E-state index in [4.69, 9.17) is 10.5 Å². The number of methoxy groups -OCH3 is 1. The third kappa shape index (κ3) is 2.91. The first-order valence-electron chi connectivity index (χ1n) is 7.66. The molecule has 1 unspecified atom stereocenters. The van der Waals surface area contributed by atoms with E-state index in [2.05, 4.69) is 0 Å². The second-order valence-corrected chi connectivity index (χ2v) is 6.03. The van der Waals surface area contributed by atoms with Gasteiger partial charge in [0.15, 0.2) is 0 Å². The van der Waals surface area contributed by atoms with Crippen molar-refractivity contribution in [2.45, 2.75) is 38.6 Å². The average molecular weight is 290 g/mol. The van der Waals surface area contributed by atoms with Crippen LogP contribution in [0.25, 0.3) is 0 Å². The Balaban J connectivity index is 2.22. The number of para-hydroxylation sites is 1. The topological polar surface area (TPSA) is 55.6 Å². The van der Waals surface area contributed by atoms with Gasteiger partial charge in [0, 0.05) is 19.2 Å². The Bertz CT molecular complexity index is 495. The van der Waals surface area contributed by atoms with Gasteiger partial charge in [0.2, 0.25) is 5.91 Å². The summed E-state index contributed by atoms with van der Waals surface area (Å²) in [6.45, 7) is 2.48. The van der Waals surface area contributed by atoms with E-state index >= 15 is 0 Å². The summed E-state index contributed by atoms with van der Waals surface area (Å²) in [7, 11) is 3.53. The van der Waals surface area contributed by atoms with Gasteiger partial charge in [-0.05, 0) is 25.8 Å². The number of nitrogens with zero attached hydrogens (tertiary/aromatic N) is 1. The van der Waals surface area contributed by atoms with Gasteiger partial charge in [0.05, 0.1) is 18.6 Å². The number of hydrogen-bond donors (Lipinski definition) is 1. The molecular formula is C17H26N2O2. The molecule has 0 radical (unpaired) electrons. The fourth-order valence-corrected chi connectivity index (χ4v) is 3.33. The third-order valence-electron chi connectivity index (χ3n) is 4.90. The first-order valence-corrected chi connectivity index (χ1v) is 7.66. The molecule has 1 atom stereocenters. The first-order chi connectivity index (χ1) is 10.1. The molecule has 0 saturated heterocycles. The predicted molar refractivity (Wildman–Crippen MR) is 84.1 cm³/mol. The van der Waals surface area contributed by atoms with Crippen molar-refractivity contribution in [1.29, 1.82) is 0 Å². The normalized spacial score (nSPS) is 18.3. The van der Waals surface area contributed by atoms with Crippen LogP contribution >= 0.6 is 0 Å². The van der Waals surface area contributed by atoms with Gasteiger partial charge in [0.1, 0.15) is 5.75 Å². The van der Waals surface area contributed by atoms with Gasteiger partial charge in [-0.15, -0.1) is 0 Å². The summed E-state index contributed by atoms with van der Waals surface area (Å²) in [6, 6.07) is 7.82. The lowest BCUT2D eigenvalue weighted by atomic mass is 9.84. The second kappa shape index (κ2) is 6.48. The summed E-state index contributed by atoms with van der Waals surface area (Å²) >= 11 is 0. The fourth-order valence-electron chi connectivity index (χ4n) is 3.33. The molecular weight excluding hydrogens is 264 g/mol. The maximum absolute atomic E-state index is 12.9. The molecule has 0 aromatic heterocycles. The lowest BCUT2D eigenvalue weighted by molar-refractivity contribution is -0.142. The van der Waals surface area contributed by atoms with Gasteiger partial charge in [-0.3, -0.25) is 4.79 Å². The molecule has 1 aliphatic carbocycles. The SMILES string of the molecule is COc1ccccc1C(C)N(C)C(=O)C1(CN)CCCC1. The first kappa shape index (κ1) is 15.8. The van der Waals surface area contributed by atoms with E-state index in [0.717, 1.165) is 37.0 Å². The maximum Gasteiger partial charge on any atom is 0.230 e. The van der Waals surface area contributed by atoms with Gasteiger partial charge < -0.3 is 15.4 Å². The molecule has 0 spiro atoms. The summed E-state index contributed by atoms with van der Waals surface area (Å²) < 4.78 is 5.41. The molecule has 4 nitrogen and oxygen atoms in total. The van der Waals surface area contributed by atoms with Crippen molar-refractivity contribution in [2.75, 3.05) is 20.7 Å². The number of nitrogens with two attached hydrogens (primary N) is 1. The predicted octanol–water partition coefficient (Wildman–Crippen LogP) is 2.73. The summed E-state index contributed by atoms with van der Waals surface area (Å²) in [4.78, 5) is 14.7. The largest absolute Gasteiger partial charge is 0.496 e. The number of hydrogen-bond acceptors (Lipinski definition) is 3. The minimum absolute atomic E-state index is 0.0299. The molecule has 21 heavy (non-hydrogen) atoms. The highest BCUT2D eigenvalue weighted by Crippen LogP contribution is 2.40. The maximum atomic E-state index is 12.9. The van der Waals surface area contributed by atoms with Crippen molar-refractivity contribution in [3.05, 3.63) is 29.8 Å². The van der Waals surface area contributed by atoms with Crippen molar-refractivity contribution in [1.82, 2.24) is 4.90 Å². The van der Waals surface area contributed by atoms with Crippen LogP contribution < -0.4 is 10.5 Å². The van der Waals surface area contributed by atoms with Gasteiger partial charge in [-0.2, -0.15) is 0 Å². The zero-order chi connectivity index (χ0) is 15.5. The van der Waals surface area contributed by atoms with E-state index in [9.17, 15) is 4.79 Å². The van der Waals surface area contributed by atoms with Crippen molar-refractivity contribution < 1.29 is 9.53 Å². The number of ether oxygens (including phenoxy) is 1. The number of benzene rings is 1. The van der Waals surface area contributed by atoms with Crippen LogP contribution in [0.1, 0.15) is 44.2 Å². The monoisotopic (exact) mass is 290 g/mol. The molecule has 1 saturated carbocycles. The molecule has 4 heteroatoms. The Kier molecular flexibility index (Phi) is 4.88. The highest BCUT2D eigenvalue weighted by Gasteiger charge is 2.42. The molecule has 2 rings (SSSR count). The van der Waals surface area contributed by atoms with E-state index in [1.54, 1.807) is 7.11 Å². The Morgan fingerprint density at radius 2 is 2.00 bits per heavy atom. The molecule has 0 bridgehead atoms. The molecule has 0 aliphatic heterocycles. The molecule has 1 aromatic rings. The Hall–Kier alpha value is -1.55. The van der Waals surface area contributed by atoms with Crippen molar-refractivity contribution in [3.8, 4) is 5.75 Å². The van der Waals surface area contributed by atoms with Crippen LogP contribution in [0, 0.1) is 5.41 Å². The minimum Gasteiger partial charge on any atom is -0.496 e. The lowest BCUT2D eigenvalue weighted by Crippen LogP contribution is -2.45. The number of carbonyl (C=O) groups is 1. The summed E-state index contributed by atoms with van der Waals surface area (Å²) in [5.74, 6) is 0.985. The van der Waals surface area contributed by atoms with Crippen LogP contribution in [0.4, 0.5) is 0 Å². The lowest BCUT2D eigenvalue weighted by Gasteiger charge is -2.35. The minimum atomic E-state index is -0.356. The Morgan fingerprint density at radius 3 is 2.57 bits per heavy atom. The molecule has 1 fully saturated rings. The summed E-state index contributed by atoms with van der Waals surface area (Å²) in [6.07, 6.45) is 4.01. The van der Waals surface area contributed by atoms with E-state index in [1.165, 1.54) is 0 Å². The standard InChI is InChI=1S/C17H26N2O2/c1-13(14-8-4-5-9-15(14)21-3)19(2)16(20)17(12-18)10-6-7-11-17/h4-5,8-9,13H,6-7,10-12,18H2,1-3H3. The quantitative estimate of drug-likeness (QED) is 0.907. The van der Waals surface area contributed by atoms with Crippen LogP contribution in [0.2, 0.25) is 0 Å². The van der Waals surface area contributed by atoms with Crippen LogP contribution in [0.5, 0.6) is 5.75 Å². The average Bonchev–Trinajstić information content (AvgIpc) is 3.02. The van der Waals surface area contributed by atoms with E-state index < -0.39 is 0 Å². The zero-order valence-corrected chi connectivity index (χ0v) is 13.3. The number of carbonyl (C=O) groups excluding carboxylic acids is 1. The van der Waals surface area contributed by atoms with Gasteiger partial charge in [0.25, 0.3) is 0 Å². The van der Waals surface area contributed by atoms with Crippen LogP contribution in [-0.4, -0.2) is 31.5 Å². The van der Waals surface area contributed by atoms with E-state index in [1.807, 2.05) is 43.1 Å². The highest BCUT2D eigenvalue weighted by atomic mass is 16.5. The molecule has 1 aromatic carbocycles. The number of amides is 1. The van der Waals surface area contributed by atoms with Crippen molar-refractivity contribution in [3.63, 3.8) is 0 Å². The molecule has 0 heterocycles. The fraction of sp³-hybridized carbons (Fsp3) is 0.588. The van der Waals surface area contributed by atoms with Crippen LogP contribution in [-0.2, 0) is 4.79 Å². The second-order valence-electron chi connectivity index (χ2n) is 6.03. The molecule has 1 aliphatic rings. The van der Waals surface area contributed by atoms with Crippen molar-refractivity contribution in [2.24, 2.45) is 11.1 Å². The Labute approximate surface area is 127 Å². The van der Waals surface area contributed by atoms with E-state index in [-0.39, 0.29) is 17.4 Å². The zero-order valence-electron chi connectivity index (χ0n) is 13.3. The van der Waals surface area contributed by atoms with Gasteiger partial charge in [-0.25, -0.2) is 0 Å². The Morgan fingerprint density at radius 1 is 1.38 bits per heavy atom. The van der Waals surface area contributed by atoms with E-state index in [0.29, 0.717) is 6.54 Å². The van der Waals surface area contributed by atoms with Crippen LogP contribution in [0.15, 0.2) is 24.3 Å². The smallest absolute Gasteiger partial charge is 0.230 e. The molecule has 116 valence electrons. The molecule has 2 N–H and O–H groups in total. The van der Waals surface area contributed by atoms with Gasteiger partial charge >= 0.3 is 0 Å². The number of rotatable bonds is 5. The highest BCUT2D eigenvalue weighted by molar-refractivity contribution is 5.83. The third-order valence-corrected chi connectivity index (χ3v) is 4.90. The summed E-state index contributed by atoms with van der Waals surface area (Å²) in [5.41, 5.74) is 6.60. The van der Waals surface area contributed by atoms with Gasteiger partial charge in [-0.1, -0.05) is 31.0 Å². The molecule has 1 amide bonds. The van der Waals surface area contributed by atoms with Crippen LogP contribution in [0.3, 0.4) is 0 Å².